The van der Waals surface area contributed by atoms with Crippen molar-refractivity contribution in [3.05, 3.63) is 12.2 Å². The molecule has 5 N–H and O–H groups in total. The fourth-order valence-electron chi connectivity index (χ4n) is 3.83. The van der Waals surface area contributed by atoms with E-state index in [1.54, 1.807) is 0 Å². The second kappa shape index (κ2) is 13.6. The highest BCUT2D eigenvalue weighted by Crippen LogP contribution is 2.33. The molecule has 8 atom stereocenters. The molecule has 3 heterocycles. The van der Waals surface area contributed by atoms with Crippen LogP contribution in [0.15, 0.2) is 12.2 Å². The van der Waals surface area contributed by atoms with Gasteiger partial charge in [0.1, 0.15) is 34.6 Å². The van der Waals surface area contributed by atoms with Crippen LogP contribution in [0.2, 0.25) is 0 Å². The molecule has 0 aromatic carbocycles. The van der Waals surface area contributed by atoms with Gasteiger partial charge in [0.15, 0.2) is 0 Å². The second-order valence-electron chi connectivity index (χ2n) is 9.32. The van der Waals surface area contributed by atoms with Gasteiger partial charge in [0.05, 0.1) is 19.3 Å². The van der Waals surface area contributed by atoms with Crippen molar-refractivity contribution in [1.29, 1.82) is 0 Å². The number of morpholine rings is 1. The van der Waals surface area contributed by atoms with E-state index in [2.05, 4.69) is 21.8 Å². The Morgan fingerprint density at radius 1 is 1.21 bits per heavy atom. The highest BCUT2D eigenvalue weighted by Gasteiger charge is 2.48. The van der Waals surface area contributed by atoms with Gasteiger partial charge in [0, 0.05) is 36.7 Å². The van der Waals surface area contributed by atoms with Crippen LogP contribution in [0.4, 0.5) is 0 Å². The van der Waals surface area contributed by atoms with E-state index >= 15 is 0 Å². The van der Waals surface area contributed by atoms with Gasteiger partial charge in [-0.3, -0.25) is 9.69 Å². The Morgan fingerprint density at radius 3 is 2.45 bits per heavy atom. The highest BCUT2D eigenvalue weighted by molar-refractivity contribution is 7.99. The van der Waals surface area contributed by atoms with Crippen molar-refractivity contribution in [3.8, 4) is 0 Å². The minimum absolute atomic E-state index is 0.248. The first-order chi connectivity index (χ1) is 15.6. The summed E-state index contributed by atoms with van der Waals surface area (Å²) in [6, 6.07) is -0.455. The van der Waals surface area contributed by atoms with Crippen LogP contribution in [0, 0.1) is 5.92 Å². The predicted octanol–water partition coefficient (Wildman–Crippen LogP) is -0.443. The molecular formula is C21H38N2O8S2. The van der Waals surface area contributed by atoms with Gasteiger partial charge in [-0.15, -0.1) is 16.5 Å². The topological polar surface area (TPSA) is 155 Å². The molecule has 33 heavy (non-hydrogen) atoms. The number of thioether (sulfide) groups is 1. The van der Waals surface area contributed by atoms with Crippen molar-refractivity contribution in [3.63, 3.8) is 0 Å². The number of hydrogen-bond acceptors (Lipinski definition) is 10. The van der Waals surface area contributed by atoms with Crippen molar-refractivity contribution >= 4 is 29.6 Å². The van der Waals surface area contributed by atoms with Crippen LogP contribution < -0.4 is 4.72 Å². The number of carboxylic acid groups (broad SMARTS) is 1. The standard InChI is InChI=1S/C20H36N2O6S2.CH2O2/c1-20(2,3)30(26)21-14-6-4-5-13(11-22-7-9-27-10-8-22)12-29-19-17(25)15(23)16(24)18(14)28-19;2-1-3/h4-5,13-19,21,23-25H,6-12H2,1-3H3;1H,(H,2,3)/b5-4-;/t13-,14+,15-,16+,17+,18+,19+,30+;/m0./s1. The van der Waals surface area contributed by atoms with Gasteiger partial charge >= 0.3 is 0 Å². The molecule has 12 heteroatoms. The number of fused-ring (bicyclic) bond motifs is 2. The number of aliphatic hydroxyl groups excluding tert-OH is 3. The molecule has 2 fully saturated rings. The summed E-state index contributed by atoms with van der Waals surface area (Å²) in [5.74, 6) is 0.982. The molecule has 3 aliphatic heterocycles. The SMILES string of the molecule is CC(C)(C)[S@@+]([O-])N[C@@H]1C/C=C\[C@@H](CN2CCOCC2)CS[C@H]2O[C@H]1[C@H](O)[C@H](O)[C@H]2O.O=CO. The Kier molecular flexibility index (Phi) is 11.9. The van der Waals surface area contributed by atoms with Crippen LogP contribution in [0.5, 0.6) is 0 Å². The zero-order valence-electron chi connectivity index (χ0n) is 19.4. The summed E-state index contributed by atoms with van der Waals surface area (Å²) in [5.41, 5.74) is -0.653. The van der Waals surface area contributed by atoms with Crippen LogP contribution in [-0.2, 0) is 25.6 Å². The minimum Gasteiger partial charge on any atom is -0.598 e. The fraction of sp³-hybridized carbons (Fsp3) is 0.857. The monoisotopic (exact) mass is 510 g/mol. The number of rotatable bonds is 4. The van der Waals surface area contributed by atoms with Gasteiger partial charge in [-0.25, -0.2) is 0 Å². The van der Waals surface area contributed by atoms with Crippen LogP contribution in [-0.4, -0.2) is 116 Å². The van der Waals surface area contributed by atoms with Crippen LogP contribution >= 0.6 is 11.8 Å². The number of ether oxygens (including phenoxy) is 2. The average Bonchev–Trinajstić information content (AvgIpc) is 2.76. The van der Waals surface area contributed by atoms with Crippen molar-refractivity contribution in [1.82, 2.24) is 9.62 Å². The van der Waals surface area contributed by atoms with Crippen LogP contribution in [0.3, 0.4) is 0 Å². The molecule has 0 aromatic rings. The van der Waals surface area contributed by atoms with Gasteiger partial charge in [-0.05, 0) is 33.1 Å². The number of carbonyl (C=O) groups is 1. The lowest BCUT2D eigenvalue weighted by Gasteiger charge is -2.44. The zero-order chi connectivity index (χ0) is 24.6. The molecule has 3 aliphatic rings. The van der Waals surface area contributed by atoms with Gasteiger partial charge in [-0.1, -0.05) is 12.2 Å². The van der Waals surface area contributed by atoms with Crippen molar-refractivity contribution in [2.75, 3.05) is 38.6 Å². The molecule has 0 spiro atoms. The number of nitrogens with one attached hydrogen (secondary N) is 1. The summed E-state index contributed by atoms with van der Waals surface area (Å²) in [6.07, 6.45) is 0.210. The third-order valence-corrected chi connectivity index (χ3v) is 8.66. The van der Waals surface area contributed by atoms with Gasteiger partial charge in [-0.2, -0.15) is 0 Å². The quantitative estimate of drug-likeness (QED) is 0.190. The maximum Gasteiger partial charge on any atom is 0.290 e. The highest BCUT2D eigenvalue weighted by atomic mass is 32.2. The summed E-state index contributed by atoms with van der Waals surface area (Å²) >= 11 is 0.0908. The summed E-state index contributed by atoms with van der Waals surface area (Å²) < 4.78 is 26.8. The Balaban J connectivity index is 0.00000122. The fourth-order valence-corrected chi connectivity index (χ4v) is 5.91. The number of aliphatic hydroxyl groups is 3. The third kappa shape index (κ3) is 8.64. The predicted molar refractivity (Wildman–Crippen MR) is 127 cm³/mol. The second-order valence-corrected chi connectivity index (χ2v) is 12.5. The molecule has 192 valence electrons. The lowest BCUT2D eigenvalue weighted by Crippen LogP contribution is -2.63. The molecule has 2 bridgehead atoms. The Labute approximate surface area is 203 Å². The molecule has 0 saturated carbocycles. The van der Waals surface area contributed by atoms with E-state index in [-0.39, 0.29) is 12.4 Å². The van der Waals surface area contributed by atoms with E-state index in [1.165, 1.54) is 11.8 Å². The van der Waals surface area contributed by atoms with Crippen molar-refractivity contribution in [2.45, 2.75) is 67.8 Å². The number of nitrogens with zero attached hydrogens (tertiary/aromatic N) is 1. The van der Waals surface area contributed by atoms with Gasteiger partial charge in [0.25, 0.3) is 6.47 Å². The molecule has 3 rings (SSSR count). The first kappa shape index (κ1) is 28.8. The molecule has 0 amide bonds. The smallest absolute Gasteiger partial charge is 0.290 e. The third-order valence-electron chi connectivity index (χ3n) is 5.69. The van der Waals surface area contributed by atoms with E-state index in [0.29, 0.717) is 6.42 Å². The summed E-state index contributed by atoms with van der Waals surface area (Å²) in [5, 5.41) is 38.4. The van der Waals surface area contributed by atoms with Crippen molar-refractivity contribution < 1.29 is 39.2 Å². The maximum atomic E-state index is 12.7. The van der Waals surface area contributed by atoms with E-state index in [4.69, 9.17) is 19.4 Å². The Bertz CT molecular complexity index is 618. The molecular weight excluding hydrogens is 472 g/mol. The van der Waals surface area contributed by atoms with E-state index < -0.39 is 52.0 Å². The van der Waals surface area contributed by atoms with Crippen LogP contribution in [0.25, 0.3) is 0 Å². The maximum absolute atomic E-state index is 12.7. The average molecular weight is 511 g/mol. The summed E-state index contributed by atoms with van der Waals surface area (Å²) in [7, 11) is 0. The van der Waals surface area contributed by atoms with Crippen LogP contribution in [0.1, 0.15) is 27.2 Å². The lowest BCUT2D eigenvalue weighted by molar-refractivity contribution is -0.203. The van der Waals surface area contributed by atoms with E-state index in [0.717, 1.165) is 38.6 Å². The minimum atomic E-state index is -1.37. The normalized spacial score (nSPS) is 37.8. The first-order valence-electron chi connectivity index (χ1n) is 11.1. The number of hydrogen-bond donors (Lipinski definition) is 5. The Morgan fingerprint density at radius 2 is 1.85 bits per heavy atom. The molecule has 0 aromatic heterocycles. The molecule has 2 saturated heterocycles. The molecule has 0 aliphatic carbocycles. The molecule has 0 radical (unpaired) electrons. The zero-order valence-corrected chi connectivity index (χ0v) is 21.0. The Hall–Kier alpha value is -0.410. The van der Waals surface area contributed by atoms with E-state index in [1.807, 2.05) is 20.8 Å². The summed E-state index contributed by atoms with van der Waals surface area (Å²) in [4.78, 5) is 10.7. The van der Waals surface area contributed by atoms with E-state index in [9.17, 15) is 19.9 Å². The lowest BCUT2D eigenvalue weighted by atomic mass is 9.93. The summed E-state index contributed by atoms with van der Waals surface area (Å²) in [6.45, 7) is 9.55. The molecule has 10 nitrogen and oxygen atoms in total. The van der Waals surface area contributed by atoms with Crippen molar-refractivity contribution in [2.24, 2.45) is 5.92 Å². The molecule has 0 unspecified atom stereocenters. The van der Waals surface area contributed by atoms with Gasteiger partial charge < -0.3 is 34.5 Å². The van der Waals surface area contributed by atoms with Gasteiger partial charge in [0.2, 0.25) is 0 Å². The largest absolute Gasteiger partial charge is 0.598 e. The first-order valence-corrected chi connectivity index (χ1v) is 13.3.